The highest BCUT2D eigenvalue weighted by molar-refractivity contribution is 5.73. The molecule has 3 aliphatic rings. The number of hydrogen-bond donors (Lipinski definition) is 9. The molecule has 0 aromatic heterocycles. The fraction of sp³-hybridized carbons (Fsp3) is 0.950. The molecule has 15 heteroatoms. The van der Waals surface area contributed by atoms with Crippen LogP contribution < -0.4 is 5.32 Å². The second-order valence-electron chi connectivity index (χ2n) is 8.98. The second kappa shape index (κ2) is 12.0. The number of amides is 1. The number of rotatable bonds is 7. The Morgan fingerprint density at radius 2 is 1.43 bits per heavy atom. The molecule has 0 radical (unpaired) electrons. The van der Waals surface area contributed by atoms with Gasteiger partial charge in [-0.2, -0.15) is 0 Å². The van der Waals surface area contributed by atoms with Crippen molar-refractivity contribution in [3.63, 3.8) is 0 Å². The van der Waals surface area contributed by atoms with Crippen molar-refractivity contribution < 1.29 is 69.3 Å². The first-order chi connectivity index (χ1) is 16.5. The lowest BCUT2D eigenvalue weighted by Gasteiger charge is -2.49. The number of carbonyl (C=O) groups is 1. The second-order valence-corrected chi connectivity index (χ2v) is 8.98. The highest BCUT2D eigenvalue weighted by atomic mass is 16.7. The van der Waals surface area contributed by atoms with Crippen molar-refractivity contribution in [2.75, 3.05) is 13.2 Å². The zero-order valence-electron chi connectivity index (χ0n) is 19.2. The van der Waals surface area contributed by atoms with Crippen molar-refractivity contribution in [1.82, 2.24) is 5.32 Å². The van der Waals surface area contributed by atoms with Crippen LogP contribution in [0.2, 0.25) is 0 Å². The first-order valence-electron chi connectivity index (χ1n) is 11.3. The average Bonchev–Trinajstić information content (AvgIpc) is 2.80. The quantitative estimate of drug-likeness (QED) is 0.155. The predicted molar refractivity (Wildman–Crippen MR) is 110 cm³/mol. The van der Waals surface area contributed by atoms with Gasteiger partial charge in [-0.1, -0.05) is 0 Å². The van der Waals surface area contributed by atoms with Crippen LogP contribution in [0.3, 0.4) is 0 Å². The third kappa shape index (κ3) is 6.27. The number of aliphatic hydroxyl groups excluding tert-OH is 8. The third-order valence-corrected chi connectivity index (χ3v) is 6.26. The van der Waals surface area contributed by atoms with Gasteiger partial charge >= 0.3 is 0 Å². The number of hydrogen-bond acceptors (Lipinski definition) is 14. The van der Waals surface area contributed by atoms with Crippen LogP contribution in [0.1, 0.15) is 20.3 Å². The Hall–Kier alpha value is -1.05. The normalized spacial score (nSPS) is 49.0. The zero-order valence-corrected chi connectivity index (χ0v) is 19.2. The molecule has 3 rings (SSSR count). The van der Waals surface area contributed by atoms with Crippen LogP contribution in [0.5, 0.6) is 0 Å². The molecular formula is C20H35NO14. The number of nitrogens with one attached hydrogen (secondary N) is 1. The van der Waals surface area contributed by atoms with Crippen molar-refractivity contribution in [3.05, 3.63) is 0 Å². The largest absolute Gasteiger partial charge is 0.394 e. The van der Waals surface area contributed by atoms with E-state index in [9.17, 15) is 45.6 Å². The molecule has 14 atom stereocenters. The number of ether oxygens (including phenoxy) is 5. The molecule has 9 N–H and O–H groups in total. The van der Waals surface area contributed by atoms with E-state index < -0.39 is 105 Å². The Bertz CT molecular complexity index is 699. The molecule has 15 nitrogen and oxygen atoms in total. The summed E-state index contributed by atoms with van der Waals surface area (Å²) in [5, 5.41) is 83.3. The SMILES string of the molecule is CC(=O)N[C@@H]1[C@@H](O[C@@H]2O[C@H](CO)[C@H](O)[C@H](O)[C@H]2O)[C@H](O[C@@H]2O[C@@H](C)C[C@@H](O)[C@@H]2O)[C@@H](CO)O[C@H]1O. The summed E-state index contributed by atoms with van der Waals surface area (Å²) in [7, 11) is 0. The van der Waals surface area contributed by atoms with Gasteiger partial charge < -0.3 is 69.9 Å². The van der Waals surface area contributed by atoms with E-state index in [0.717, 1.165) is 6.92 Å². The van der Waals surface area contributed by atoms with Crippen LogP contribution in [-0.4, -0.2) is 146 Å². The van der Waals surface area contributed by atoms with Crippen molar-refractivity contribution in [1.29, 1.82) is 0 Å². The molecule has 3 heterocycles. The highest BCUT2D eigenvalue weighted by Gasteiger charge is 2.53. The van der Waals surface area contributed by atoms with Crippen molar-refractivity contribution in [2.45, 2.75) is 106 Å². The molecular weight excluding hydrogens is 478 g/mol. The maximum absolute atomic E-state index is 11.8. The maximum Gasteiger partial charge on any atom is 0.217 e. The zero-order chi connectivity index (χ0) is 26.0. The van der Waals surface area contributed by atoms with Gasteiger partial charge in [-0.3, -0.25) is 4.79 Å². The molecule has 3 saturated heterocycles. The molecule has 0 aliphatic carbocycles. The van der Waals surface area contributed by atoms with Crippen LogP contribution in [0, 0.1) is 0 Å². The fourth-order valence-electron chi connectivity index (χ4n) is 4.41. The van der Waals surface area contributed by atoms with E-state index in [-0.39, 0.29) is 6.42 Å². The summed E-state index contributed by atoms with van der Waals surface area (Å²) >= 11 is 0. The van der Waals surface area contributed by atoms with Gasteiger partial charge in [0.1, 0.15) is 54.9 Å². The minimum atomic E-state index is -1.82. The lowest BCUT2D eigenvalue weighted by atomic mass is 9.94. The summed E-state index contributed by atoms with van der Waals surface area (Å²) in [4.78, 5) is 11.8. The minimum absolute atomic E-state index is 0.129. The lowest BCUT2D eigenvalue weighted by molar-refractivity contribution is -0.365. The summed E-state index contributed by atoms with van der Waals surface area (Å²) in [6.45, 7) is 1.34. The minimum Gasteiger partial charge on any atom is -0.394 e. The van der Waals surface area contributed by atoms with Gasteiger partial charge in [-0.15, -0.1) is 0 Å². The van der Waals surface area contributed by atoms with Gasteiger partial charge in [-0.05, 0) is 6.92 Å². The Morgan fingerprint density at radius 1 is 0.829 bits per heavy atom. The molecule has 35 heavy (non-hydrogen) atoms. The van der Waals surface area contributed by atoms with Crippen molar-refractivity contribution in [2.24, 2.45) is 0 Å². The topological polar surface area (TPSA) is 237 Å². The average molecular weight is 513 g/mol. The fourth-order valence-corrected chi connectivity index (χ4v) is 4.41. The Balaban J connectivity index is 1.92. The van der Waals surface area contributed by atoms with Gasteiger partial charge in [-0.25, -0.2) is 0 Å². The van der Waals surface area contributed by atoms with E-state index in [4.69, 9.17) is 23.7 Å². The van der Waals surface area contributed by atoms with Crippen LogP contribution >= 0.6 is 0 Å². The van der Waals surface area contributed by atoms with Gasteiger partial charge in [0.15, 0.2) is 18.9 Å². The number of carbonyl (C=O) groups excluding carboxylic acids is 1. The molecule has 0 aromatic rings. The molecule has 0 saturated carbocycles. The first-order valence-corrected chi connectivity index (χ1v) is 11.3. The smallest absolute Gasteiger partial charge is 0.217 e. The van der Waals surface area contributed by atoms with Gasteiger partial charge in [0, 0.05) is 13.3 Å². The molecule has 3 fully saturated rings. The molecule has 1 amide bonds. The van der Waals surface area contributed by atoms with Crippen molar-refractivity contribution >= 4 is 5.91 Å². The molecule has 0 spiro atoms. The summed E-state index contributed by atoms with van der Waals surface area (Å²) in [5.74, 6) is -0.612. The standard InChI is InChI=1S/C20H35NO14/c1-6-3-8(25)12(26)19(31-6)34-16-10(5-23)32-18(30)11(21-7(2)24)17(16)35-20-15(29)14(28)13(27)9(4-22)33-20/h6,8-20,22-23,25-30H,3-5H2,1-2H3,(H,21,24)/t6-,8+,9+,10+,11+,12-,13-,14-,15+,16+,17+,18+,19-,20-/m0/s1. The van der Waals surface area contributed by atoms with Crippen LogP contribution in [0.4, 0.5) is 0 Å². The number of aliphatic hydroxyl groups is 8. The van der Waals surface area contributed by atoms with E-state index >= 15 is 0 Å². The van der Waals surface area contributed by atoms with E-state index in [1.165, 1.54) is 0 Å². The van der Waals surface area contributed by atoms with Crippen LogP contribution in [0.15, 0.2) is 0 Å². The van der Waals surface area contributed by atoms with Gasteiger partial charge in [0.25, 0.3) is 0 Å². The molecule has 0 unspecified atom stereocenters. The highest BCUT2D eigenvalue weighted by Crippen LogP contribution is 2.32. The third-order valence-electron chi connectivity index (χ3n) is 6.26. The Labute approximate surface area is 200 Å². The first kappa shape index (κ1) is 28.5. The summed E-state index contributed by atoms with van der Waals surface area (Å²) < 4.78 is 28.0. The maximum atomic E-state index is 11.8. The van der Waals surface area contributed by atoms with Gasteiger partial charge in [0.05, 0.1) is 25.4 Å². The molecule has 0 bridgehead atoms. The monoisotopic (exact) mass is 513 g/mol. The summed E-state index contributed by atoms with van der Waals surface area (Å²) in [5.41, 5.74) is 0. The van der Waals surface area contributed by atoms with E-state index in [0.29, 0.717) is 0 Å². The lowest BCUT2D eigenvalue weighted by Crippen LogP contribution is -2.69. The molecule has 3 aliphatic heterocycles. The molecule has 204 valence electrons. The van der Waals surface area contributed by atoms with Gasteiger partial charge in [0.2, 0.25) is 5.91 Å². The summed E-state index contributed by atoms with van der Waals surface area (Å²) in [6.07, 6.45) is -18.6. The van der Waals surface area contributed by atoms with E-state index in [1.54, 1.807) is 6.92 Å². The van der Waals surface area contributed by atoms with Crippen molar-refractivity contribution in [3.8, 4) is 0 Å². The van der Waals surface area contributed by atoms with E-state index in [2.05, 4.69) is 5.32 Å². The Kier molecular flexibility index (Phi) is 9.78. The van der Waals surface area contributed by atoms with Crippen LogP contribution in [-0.2, 0) is 28.5 Å². The Morgan fingerprint density at radius 3 is 2.03 bits per heavy atom. The molecule has 0 aromatic carbocycles. The van der Waals surface area contributed by atoms with Crippen LogP contribution in [0.25, 0.3) is 0 Å². The van der Waals surface area contributed by atoms with E-state index in [1.807, 2.05) is 0 Å². The summed E-state index contributed by atoms with van der Waals surface area (Å²) in [6, 6.07) is -1.37. The predicted octanol–water partition coefficient (Wildman–Crippen LogP) is -5.37.